The Hall–Kier alpha value is -0.830. The molecule has 1 fully saturated rings. The van der Waals surface area contributed by atoms with Crippen molar-refractivity contribution in [2.75, 3.05) is 0 Å². The van der Waals surface area contributed by atoms with E-state index in [2.05, 4.69) is 12.5 Å². The smallest absolute Gasteiger partial charge is 0.303 e. The number of hydrogen-bond donors (Lipinski definition) is 0. The third-order valence-corrected chi connectivity index (χ3v) is 3.31. The summed E-state index contributed by atoms with van der Waals surface area (Å²) in [5, 5.41) is 2.03. The second-order valence-corrected chi connectivity index (χ2v) is 4.71. The first kappa shape index (κ1) is 11.6. The molecule has 0 N–H and O–H groups in total. The highest BCUT2D eigenvalue weighted by Crippen LogP contribution is 2.43. The van der Waals surface area contributed by atoms with Crippen LogP contribution in [0.2, 0.25) is 0 Å². The van der Waals surface area contributed by atoms with E-state index >= 15 is 0 Å². The van der Waals surface area contributed by atoms with Gasteiger partial charge in [-0.1, -0.05) is 13.0 Å². The number of ether oxygens (including phenoxy) is 1. The quantitative estimate of drug-likeness (QED) is 0.733. The zero-order chi connectivity index (χ0) is 11.5. The first-order valence-corrected chi connectivity index (χ1v) is 6.00. The lowest BCUT2D eigenvalue weighted by molar-refractivity contribution is -0.139. The highest BCUT2D eigenvalue weighted by molar-refractivity contribution is 7.10. The Balaban J connectivity index is 2.12. The highest BCUT2D eigenvalue weighted by atomic mass is 32.1. The van der Waals surface area contributed by atoms with Crippen LogP contribution < -0.4 is 0 Å². The fraction of sp³-hybridized carbons (Fsp3) is 0.231. The number of rotatable bonds is 2. The lowest BCUT2D eigenvalue weighted by Crippen LogP contribution is -2.24. The minimum atomic E-state index is -0.269. The maximum Gasteiger partial charge on any atom is 0.303 e. The Labute approximate surface area is 101 Å². The monoisotopic (exact) mass is 233 g/mol. The average molecular weight is 233 g/mol. The second-order valence-electron chi connectivity index (χ2n) is 3.73. The van der Waals surface area contributed by atoms with E-state index in [4.69, 9.17) is 4.74 Å². The molecule has 5 radical (unpaired) electrons. The number of carbonyl (C=O) groups excluding carboxylic acids is 1. The molecule has 0 amide bonds. The van der Waals surface area contributed by atoms with Gasteiger partial charge in [-0.3, -0.25) is 4.79 Å². The summed E-state index contributed by atoms with van der Waals surface area (Å²) < 4.78 is 5.23. The van der Waals surface area contributed by atoms with Crippen LogP contribution in [0.5, 0.6) is 0 Å². The van der Waals surface area contributed by atoms with Gasteiger partial charge in [0.15, 0.2) is 6.10 Å². The molecule has 1 heterocycles. The summed E-state index contributed by atoms with van der Waals surface area (Å²) in [6.07, 6.45) is 6.66. The van der Waals surface area contributed by atoms with Gasteiger partial charge in [-0.05, 0) is 30.2 Å². The number of carbonyl (C=O) groups is 1. The standard InChI is InChI=1S/C13H13O2S/c1-9-5-6-12(15-10(2)14)11(8-9)13-4-3-7-16-13/h3-8,11H,1-2H3/t11-/m1/s1. The van der Waals surface area contributed by atoms with Gasteiger partial charge >= 0.3 is 5.97 Å². The van der Waals surface area contributed by atoms with Gasteiger partial charge < -0.3 is 4.74 Å². The molecule has 1 aromatic heterocycles. The topological polar surface area (TPSA) is 26.3 Å². The van der Waals surface area contributed by atoms with Crippen molar-refractivity contribution in [1.29, 1.82) is 0 Å². The fourth-order valence-electron chi connectivity index (χ4n) is 1.67. The van der Waals surface area contributed by atoms with Crippen LogP contribution >= 0.6 is 11.3 Å². The van der Waals surface area contributed by atoms with Crippen LogP contribution in [0.1, 0.15) is 24.6 Å². The summed E-state index contributed by atoms with van der Waals surface area (Å²) in [4.78, 5) is 12.2. The summed E-state index contributed by atoms with van der Waals surface area (Å²) in [5.74, 6) is 0.998. The Morgan fingerprint density at radius 2 is 2.25 bits per heavy atom. The number of esters is 1. The first-order chi connectivity index (χ1) is 7.66. The van der Waals surface area contributed by atoms with E-state index in [1.807, 2.05) is 31.2 Å². The molecule has 1 aliphatic carbocycles. The van der Waals surface area contributed by atoms with Gasteiger partial charge in [-0.25, -0.2) is 0 Å². The normalized spacial score (nSPS) is 23.2. The van der Waals surface area contributed by atoms with Crippen LogP contribution in [0.15, 0.2) is 17.5 Å². The van der Waals surface area contributed by atoms with Gasteiger partial charge in [0.1, 0.15) is 0 Å². The Kier molecular flexibility index (Phi) is 3.64. The molecule has 1 aromatic rings. The van der Waals surface area contributed by atoms with Crippen LogP contribution in [0.4, 0.5) is 0 Å². The van der Waals surface area contributed by atoms with Crippen molar-refractivity contribution >= 4 is 17.3 Å². The second kappa shape index (κ2) is 5.00. The molecule has 0 aliphatic heterocycles. The van der Waals surface area contributed by atoms with Crippen LogP contribution in [-0.2, 0) is 9.53 Å². The van der Waals surface area contributed by atoms with Crippen molar-refractivity contribution in [2.45, 2.75) is 19.8 Å². The Morgan fingerprint density at radius 1 is 1.44 bits per heavy atom. The van der Waals surface area contributed by atoms with E-state index in [1.54, 1.807) is 11.3 Å². The molecule has 2 rings (SSSR count). The van der Waals surface area contributed by atoms with E-state index in [1.165, 1.54) is 17.7 Å². The van der Waals surface area contributed by atoms with E-state index in [0.717, 1.165) is 0 Å². The molecule has 0 spiro atoms. The van der Waals surface area contributed by atoms with Crippen molar-refractivity contribution in [2.24, 2.45) is 0 Å². The molecular weight excluding hydrogens is 220 g/mol. The maximum atomic E-state index is 11.0. The van der Waals surface area contributed by atoms with Gasteiger partial charge in [-0.15, -0.1) is 11.3 Å². The van der Waals surface area contributed by atoms with E-state index in [9.17, 15) is 4.79 Å². The summed E-state index contributed by atoms with van der Waals surface area (Å²) in [6.45, 7) is 3.47. The largest absolute Gasteiger partial charge is 0.454 e. The number of thiophene rings is 1. The molecule has 2 nitrogen and oxygen atoms in total. The van der Waals surface area contributed by atoms with Gasteiger partial charge in [0.05, 0.1) is 0 Å². The highest BCUT2D eigenvalue weighted by Gasteiger charge is 2.34. The molecule has 3 heteroatoms. The maximum absolute atomic E-state index is 11.0. The molecule has 83 valence electrons. The minimum absolute atomic E-state index is 0.0777. The zero-order valence-electron chi connectivity index (χ0n) is 9.27. The average Bonchev–Trinajstić information content (AvgIpc) is 2.73. The van der Waals surface area contributed by atoms with Crippen LogP contribution in [0, 0.1) is 31.3 Å². The van der Waals surface area contributed by atoms with Crippen LogP contribution in [0.25, 0.3) is 0 Å². The molecular formula is C13H13O2S. The molecule has 0 aromatic carbocycles. The molecule has 16 heavy (non-hydrogen) atoms. The van der Waals surface area contributed by atoms with E-state index in [-0.39, 0.29) is 11.9 Å². The summed E-state index contributed by atoms with van der Waals surface area (Å²) in [7, 11) is 0. The minimum Gasteiger partial charge on any atom is -0.454 e. The summed E-state index contributed by atoms with van der Waals surface area (Å²) >= 11 is 1.67. The van der Waals surface area contributed by atoms with Crippen molar-refractivity contribution in [3.05, 3.63) is 53.7 Å². The molecule has 1 atom stereocenters. The SMILES string of the molecule is C[C]1[CH][CH][C](OC(C)=O)[C@H](c2cccs2)[CH]1. The van der Waals surface area contributed by atoms with E-state index < -0.39 is 0 Å². The van der Waals surface area contributed by atoms with Crippen molar-refractivity contribution in [3.63, 3.8) is 0 Å². The third-order valence-electron chi connectivity index (χ3n) is 2.36. The van der Waals surface area contributed by atoms with Crippen molar-refractivity contribution < 1.29 is 9.53 Å². The molecule has 0 unspecified atom stereocenters. The van der Waals surface area contributed by atoms with Crippen LogP contribution in [0.3, 0.4) is 0 Å². The van der Waals surface area contributed by atoms with Gasteiger partial charge in [0, 0.05) is 24.1 Å². The Bertz CT molecular complexity index is 345. The van der Waals surface area contributed by atoms with Crippen molar-refractivity contribution in [3.8, 4) is 0 Å². The fourth-order valence-corrected chi connectivity index (χ4v) is 2.47. The van der Waals surface area contributed by atoms with Gasteiger partial charge in [-0.2, -0.15) is 0 Å². The lowest BCUT2D eigenvalue weighted by Gasteiger charge is -2.31. The summed E-state index contributed by atoms with van der Waals surface area (Å²) in [5.41, 5.74) is 0. The predicted molar refractivity (Wildman–Crippen MR) is 63.9 cm³/mol. The van der Waals surface area contributed by atoms with Crippen molar-refractivity contribution in [1.82, 2.24) is 0 Å². The number of hydrogen-bond acceptors (Lipinski definition) is 3. The van der Waals surface area contributed by atoms with Gasteiger partial charge in [0.25, 0.3) is 0 Å². The lowest BCUT2D eigenvalue weighted by atomic mass is 9.79. The zero-order valence-corrected chi connectivity index (χ0v) is 10.1. The molecule has 0 saturated heterocycles. The van der Waals surface area contributed by atoms with E-state index in [0.29, 0.717) is 6.10 Å². The molecule has 1 aliphatic rings. The Morgan fingerprint density at radius 3 is 2.88 bits per heavy atom. The predicted octanol–water partition coefficient (Wildman–Crippen LogP) is 3.15. The molecule has 1 saturated carbocycles. The first-order valence-electron chi connectivity index (χ1n) is 5.12. The third kappa shape index (κ3) is 2.64. The summed E-state index contributed by atoms with van der Waals surface area (Å²) in [6, 6.07) is 4.06. The van der Waals surface area contributed by atoms with Gasteiger partial charge in [0.2, 0.25) is 0 Å². The van der Waals surface area contributed by atoms with Crippen LogP contribution in [-0.4, -0.2) is 5.97 Å². The molecule has 0 bridgehead atoms.